The molecule has 1 aliphatic carbocycles. The summed E-state index contributed by atoms with van der Waals surface area (Å²) in [4.78, 5) is 11.4. The molecule has 0 bridgehead atoms. The standard InChI is InChI=1S/C15H22N2O2/c1-11-5-7-14(8-6-11)19-10-12-3-2-4-13(9-12)15(18)17-16/h2-4,9,11,14H,5-8,10,16H2,1H3,(H,17,18). The summed E-state index contributed by atoms with van der Waals surface area (Å²) < 4.78 is 5.92. The Balaban J connectivity index is 1.87. The van der Waals surface area contributed by atoms with Gasteiger partial charge in [-0.15, -0.1) is 0 Å². The van der Waals surface area contributed by atoms with E-state index in [0.29, 0.717) is 18.3 Å². The molecule has 4 heteroatoms. The van der Waals surface area contributed by atoms with Gasteiger partial charge in [-0.05, 0) is 49.3 Å². The van der Waals surface area contributed by atoms with Gasteiger partial charge in [-0.25, -0.2) is 5.84 Å². The van der Waals surface area contributed by atoms with Crippen molar-refractivity contribution in [1.82, 2.24) is 5.43 Å². The number of nitrogen functional groups attached to an aromatic ring is 1. The van der Waals surface area contributed by atoms with Gasteiger partial charge in [0.1, 0.15) is 0 Å². The Hall–Kier alpha value is -1.39. The third-order valence-electron chi connectivity index (χ3n) is 3.77. The molecule has 1 aliphatic rings. The average molecular weight is 262 g/mol. The third kappa shape index (κ3) is 4.04. The molecule has 0 aliphatic heterocycles. The smallest absolute Gasteiger partial charge is 0.265 e. The van der Waals surface area contributed by atoms with Gasteiger partial charge in [0.15, 0.2) is 0 Å². The zero-order valence-corrected chi connectivity index (χ0v) is 11.4. The summed E-state index contributed by atoms with van der Waals surface area (Å²) in [5.74, 6) is 5.69. The molecule has 0 heterocycles. The molecular weight excluding hydrogens is 240 g/mol. The first-order valence-corrected chi connectivity index (χ1v) is 6.90. The highest BCUT2D eigenvalue weighted by Gasteiger charge is 2.18. The molecule has 3 N–H and O–H groups in total. The monoisotopic (exact) mass is 262 g/mol. The van der Waals surface area contributed by atoms with Crippen molar-refractivity contribution in [3.63, 3.8) is 0 Å². The SMILES string of the molecule is CC1CCC(OCc2cccc(C(=O)NN)c2)CC1. The molecular formula is C15H22N2O2. The van der Waals surface area contributed by atoms with E-state index in [4.69, 9.17) is 10.6 Å². The topological polar surface area (TPSA) is 64.3 Å². The van der Waals surface area contributed by atoms with Gasteiger partial charge in [0, 0.05) is 5.56 Å². The molecule has 0 unspecified atom stereocenters. The van der Waals surface area contributed by atoms with Crippen molar-refractivity contribution in [2.24, 2.45) is 11.8 Å². The zero-order chi connectivity index (χ0) is 13.7. The van der Waals surface area contributed by atoms with E-state index in [2.05, 4.69) is 12.3 Å². The number of nitrogens with two attached hydrogens (primary N) is 1. The molecule has 2 rings (SSSR count). The van der Waals surface area contributed by atoms with E-state index in [-0.39, 0.29) is 5.91 Å². The number of ether oxygens (including phenoxy) is 1. The second kappa shape index (κ2) is 6.68. The third-order valence-corrected chi connectivity index (χ3v) is 3.77. The number of amides is 1. The van der Waals surface area contributed by atoms with E-state index in [0.717, 1.165) is 24.3 Å². The second-order valence-electron chi connectivity index (χ2n) is 5.37. The molecule has 0 atom stereocenters. The second-order valence-corrected chi connectivity index (χ2v) is 5.37. The molecule has 0 saturated heterocycles. The first-order valence-electron chi connectivity index (χ1n) is 6.90. The minimum atomic E-state index is -0.270. The maximum atomic E-state index is 11.4. The highest BCUT2D eigenvalue weighted by molar-refractivity contribution is 5.93. The highest BCUT2D eigenvalue weighted by Crippen LogP contribution is 2.26. The van der Waals surface area contributed by atoms with Gasteiger partial charge in [-0.1, -0.05) is 19.1 Å². The highest BCUT2D eigenvalue weighted by atomic mass is 16.5. The predicted molar refractivity (Wildman–Crippen MR) is 74.3 cm³/mol. The first kappa shape index (κ1) is 14.0. The molecule has 1 amide bonds. The average Bonchev–Trinajstić information content (AvgIpc) is 2.46. The molecule has 0 aromatic heterocycles. The van der Waals surface area contributed by atoms with Crippen molar-refractivity contribution in [3.05, 3.63) is 35.4 Å². The molecule has 1 saturated carbocycles. The van der Waals surface area contributed by atoms with Crippen LogP contribution in [0.2, 0.25) is 0 Å². The lowest BCUT2D eigenvalue weighted by Crippen LogP contribution is -2.30. The van der Waals surface area contributed by atoms with Gasteiger partial charge in [-0.2, -0.15) is 0 Å². The van der Waals surface area contributed by atoms with Crippen LogP contribution in [0, 0.1) is 5.92 Å². The summed E-state index contributed by atoms with van der Waals surface area (Å²) in [7, 11) is 0. The van der Waals surface area contributed by atoms with E-state index < -0.39 is 0 Å². The van der Waals surface area contributed by atoms with E-state index in [1.807, 2.05) is 18.2 Å². The quantitative estimate of drug-likeness (QED) is 0.497. The van der Waals surface area contributed by atoms with Crippen LogP contribution < -0.4 is 11.3 Å². The summed E-state index contributed by atoms with van der Waals surface area (Å²) in [5.41, 5.74) is 3.72. The van der Waals surface area contributed by atoms with Gasteiger partial charge in [0.25, 0.3) is 5.91 Å². The van der Waals surface area contributed by atoms with Crippen LogP contribution in [0.4, 0.5) is 0 Å². The largest absolute Gasteiger partial charge is 0.374 e. The summed E-state index contributed by atoms with van der Waals surface area (Å²) in [6.07, 6.45) is 5.15. The van der Waals surface area contributed by atoms with E-state index >= 15 is 0 Å². The predicted octanol–water partition coefficient (Wildman–Crippen LogP) is 2.39. The number of hydrogen-bond donors (Lipinski definition) is 2. The molecule has 104 valence electrons. The van der Waals surface area contributed by atoms with Crippen LogP contribution in [-0.2, 0) is 11.3 Å². The number of hydrogen-bond acceptors (Lipinski definition) is 3. The van der Waals surface area contributed by atoms with Crippen LogP contribution in [-0.4, -0.2) is 12.0 Å². The van der Waals surface area contributed by atoms with E-state index in [1.54, 1.807) is 6.07 Å². The zero-order valence-electron chi connectivity index (χ0n) is 11.4. The van der Waals surface area contributed by atoms with Gasteiger partial charge in [-0.3, -0.25) is 10.2 Å². The van der Waals surface area contributed by atoms with Crippen LogP contribution >= 0.6 is 0 Å². The molecule has 1 aromatic rings. The van der Waals surface area contributed by atoms with Crippen LogP contribution in [0.15, 0.2) is 24.3 Å². The lowest BCUT2D eigenvalue weighted by atomic mass is 9.89. The van der Waals surface area contributed by atoms with Crippen LogP contribution in [0.25, 0.3) is 0 Å². The number of carbonyl (C=O) groups excluding carboxylic acids is 1. The lowest BCUT2D eigenvalue weighted by Gasteiger charge is -2.26. The van der Waals surface area contributed by atoms with Crippen LogP contribution in [0.5, 0.6) is 0 Å². The fourth-order valence-electron chi connectivity index (χ4n) is 2.50. The van der Waals surface area contributed by atoms with Crippen molar-refractivity contribution in [2.75, 3.05) is 0 Å². The van der Waals surface area contributed by atoms with Gasteiger partial charge in [0.2, 0.25) is 0 Å². The number of benzene rings is 1. The first-order chi connectivity index (χ1) is 9.19. The number of rotatable bonds is 4. The Morgan fingerprint density at radius 2 is 2.11 bits per heavy atom. The summed E-state index contributed by atoms with van der Waals surface area (Å²) in [6, 6.07) is 7.40. The fraction of sp³-hybridized carbons (Fsp3) is 0.533. The molecule has 0 spiro atoms. The number of nitrogens with one attached hydrogen (secondary N) is 1. The molecule has 1 aromatic carbocycles. The Kier molecular flexibility index (Phi) is 4.93. The van der Waals surface area contributed by atoms with E-state index in [9.17, 15) is 4.79 Å². The number of hydrazine groups is 1. The summed E-state index contributed by atoms with van der Waals surface area (Å²) >= 11 is 0. The Morgan fingerprint density at radius 1 is 1.37 bits per heavy atom. The van der Waals surface area contributed by atoms with Crippen molar-refractivity contribution in [3.8, 4) is 0 Å². The minimum Gasteiger partial charge on any atom is -0.374 e. The summed E-state index contributed by atoms with van der Waals surface area (Å²) in [6.45, 7) is 2.86. The van der Waals surface area contributed by atoms with Gasteiger partial charge < -0.3 is 4.74 Å². The normalized spacial score (nSPS) is 23.1. The van der Waals surface area contributed by atoms with Crippen molar-refractivity contribution in [2.45, 2.75) is 45.3 Å². The molecule has 19 heavy (non-hydrogen) atoms. The van der Waals surface area contributed by atoms with Crippen LogP contribution in [0.1, 0.15) is 48.5 Å². The maximum absolute atomic E-state index is 11.4. The minimum absolute atomic E-state index is 0.270. The Bertz CT molecular complexity index is 426. The maximum Gasteiger partial charge on any atom is 0.265 e. The molecule has 1 fully saturated rings. The van der Waals surface area contributed by atoms with Gasteiger partial charge in [0.05, 0.1) is 12.7 Å². The molecule has 4 nitrogen and oxygen atoms in total. The van der Waals surface area contributed by atoms with Crippen LogP contribution in [0.3, 0.4) is 0 Å². The number of carbonyl (C=O) groups is 1. The fourth-order valence-corrected chi connectivity index (χ4v) is 2.50. The van der Waals surface area contributed by atoms with Crippen molar-refractivity contribution < 1.29 is 9.53 Å². The van der Waals surface area contributed by atoms with Crippen molar-refractivity contribution >= 4 is 5.91 Å². The Morgan fingerprint density at radius 3 is 2.79 bits per heavy atom. The summed E-state index contributed by atoms with van der Waals surface area (Å²) in [5, 5.41) is 0. The lowest BCUT2D eigenvalue weighted by molar-refractivity contribution is 0.00876. The molecule has 0 radical (unpaired) electrons. The van der Waals surface area contributed by atoms with Crippen molar-refractivity contribution in [1.29, 1.82) is 0 Å². The Labute approximate surface area is 114 Å². The van der Waals surface area contributed by atoms with E-state index in [1.165, 1.54) is 12.8 Å². The van der Waals surface area contributed by atoms with Gasteiger partial charge >= 0.3 is 0 Å².